The van der Waals surface area contributed by atoms with Gasteiger partial charge in [0, 0.05) is 11.6 Å². The van der Waals surface area contributed by atoms with Gasteiger partial charge in [0.05, 0.1) is 6.54 Å². The third-order valence-electron chi connectivity index (χ3n) is 2.00. The van der Waals surface area contributed by atoms with Crippen molar-refractivity contribution in [3.8, 4) is 5.75 Å². The summed E-state index contributed by atoms with van der Waals surface area (Å²) in [6, 6.07) is 7.09. The number of benzene rings is 1. The van der Waals surface area contributed by atoms with Gasteiger partial charge in [-0.05, 0) is 29.5 Å². The van der Waals surface area contributed by atoms with E-state index in [1.54, 1.807) is 24.3 Å². The van der Waals surface area contributed by atoms with E-state index in [0.717, 1.165) is 0 Å². The fraction of sp³-hybridized carbons (Fsp3) is 0.300. The van der Waals surface area contributed by atoms with Gasteiger partial charge in [-0.3, -0.25) is 0 Å². The Kier molecular flexibility index (Phi) is 3.89. The van der Waals surface area contributed by atoms with Crippen LogP contribution in [0, 0.1) is 0 Å². The molecule has 0 amide bonds. The van der Waals surface area contributed by atoms with Crippen LogP contribution in [-0.2, 0) is 13.2 Å². The van der Waals surface area contributed by atoms with Crippen LogP contribution in [-0.4, -0.2) is 26.8 Å². The first-order chi connectivity index (χ1) is 8.28. The molecule has 7 heteroatoms. The topological polar surface area (TPSA) is 78.9 Å². The van der Waals surface area contributed by atoms with Crippen LogP contribution in [0.5, 0.6) is 5.75 Å². The van der Waals surface area contributed by atoms with Crippen LogP contribution in [0.15, 0.2) is 24.3 Å². The predicted octanol–water partition coefficient (Wildman–Crippen LogP) is 0.864. The van der Waals surface area contributed by atoms with Crippen molar-refractivity contribution in [2.75, 3.05) is 6.54 Å². The lowest BCUT2D eigenvalue weighted by atomic mass is 10.3. The summed E-state index contributed by atoms with van der Waals surface area (Å²) in [5.41, 5.74) is 5.38. The van der Waals surface area contributed by atoms with E-state index in [-0.39, 0.29) is 6.61 Å². The molecule has 0 spiro atoms. The summed E-state index contributed by atoms with van der Waals surface area (Å²) in [7, 11) is 0. The minimum atomic E-state index is 0.270. The summed E-state index contributed by atoms with van der Waals surface area (Å²) in [6.45, 7) is 1.30. The highest BCUT2D eigenvalue weighted by atomic mass is 35.5. The van der Waals surface area contributed by atoms with Gasteiger partial charge in [0.25, 0.3) is 0 Å². The number of tetrazole rings is 1. The van der Waals surface area contributed by atoms with Crippen molar-refractivity contribution >= 4 is 11.6 Å². The van der Waals surface area contributed by atoms with Crippen LogP contribution < -0.4 is 10.5 Å². The Morgan fingerprint density at radius 1 is 1.29 bits per heavy atom. The molecule has 2 rings (SSSR count). The van der Waals surface area contributed by atoms with Gasteiger partial charge < -0.3 is 10.5 Å². The van der Waals surface area contributed by atoms with Gasteiger partial charge >= 0.3 is 0 Å². The van der Waals surface area contributed by atoms with Crippen LogP contribution in [0.2, 0.25) is 5.02 Å². The highest BCUT2D eigenvalue weighted by Crippen LogP contribution is 2.16. The van der Waals surface area contributed by atoms with Crippen molar-refractivity contribution in [3.05, 3.63) is 35.1 Å². The molecule has 2 aromatic rings. The Hall–Kier alpha value is -1.66. The summed E-state index contributed by atoms with van der Waals surface area (Å²) in [5, 5.41) is 12.4. The average molecular weight is 254 g/mol. The number of halogens is 1. The Balaban J connectivity index is 1.90. The number of rotatable bonds is 5. The molecule has 1 heterocycles. The van der Waals surface area contributed by atoms with E-state index in [9.17, 15) is 0 Å². The number of nitrogens with two attached hydrogens (primary N) is 1. The minimum absolute atomic E-state index is 0.270. The van der Waals surface area contributed by atoms with Crippen LogP contribution in [0.3, 0.4) is 0 Å². The van der Waals surface area contributed by atoms with E-state index in [2.05, 4.69) is 15.4 Å². The van der Waals surface area contributed by atoms with Crippen molar-refractivity contribution in [3.63, 3.8) is 0 Å². The van der Waals surface area contributed by atoms with Crippen molar-refractivity contribution in [2.24, 2.45) is 5.73 Å². The van der Waals surface area contributed by atoms with Crippen molar-refractivity contribution < 1.29 is 4.74 Å². The summed E-state index contributed by atoms with van der Waals surface area (Å²) in [4.78, 5) is 1.44. The van der Waals surface area contributed by atoms with Crippen molar-refractivity contribution in [1.82, 2.24) is 20.2 Å². The third kappa shape index (κ3) is 3.40. The van der Waals surface area contributed by atoms with Gasteiger partial charge in [0.15, 0.2) is 6.61 Å². The SMILES string of the molecule is NCCn1nnc(COc2ccc(Cl)cc2)n1. The zero-order valence-electron chi connectivity index (χ0n) is 9.08. The Labute approximate surface area is 103 Å². The second-order valence-corrected chi connectivity index (χ2v) is 3.77. The first-order valence-corrected chi connectivity index (χ1v) is 5.51. The molecule has 0 bridgehead atoms. The summed E-state index contributed by atoms with van der Waals surface area (Å²) >= 11 is 5.76. The second kappa shape index (κ2) is 5.60. The Morgan fingerprint density at radius 3 is 2.76 bits per heavy atom. The van der Waals surface area contributed by atoms with Crippen LogP contribution >= 0.6 is 11.6 Å². The predicted molar refractivity (Wildman–Crippen MR) is 62.7 cm³/mol. The average Bonchev–Trinajstić information content (AvgIpc) is 2.77. The van der Waals surface area contributed by atoms with E-state index in [1.807, 2.05) is 0 Å². The number of hydrogen-bond acceptors (Lipinski definition) is 5. The van der Waals surface area contributed by atoms with Crippen molar-refractivity contribution in [2.45, 2.75) is 13.2 Å². The molecule has 0 saturated carbocycles. The largest absolute Gasteiger partial charge is 0.485 e. The molecule has 0 aliphatic rings. The lowest BCUT2D eigenvalue weighted by Crippen LogP contribution is -2.12. The molecule has 17 heavy (non-hydrogen) atoms. The first kappa shape index (κ1) is 11.8. The molecule has 1 aromatic carbocycles. The van der Waals surface area contributed by atoms with E-state index in [4.69, 9.17) is 22.1 Å². The summed E-state index contributed by atoms with van der Waals surface area (Å²) in [5.74, 6) is 1.23. The van der Waals surface area contributed by atoms with Gasteiger partial charge in [-0.2, -0.15) is 4.80 Å². The maximum atomic E-state index is 5.76. The van der Waals surface area contributed by atoms with E-state index < -0.39 is 0 Å². The first-order valence-electron chi connectivity index (χ1n) is 5.13. The molecule has 2 N–H and O–H groups in total. The monoisotopic (exact) mass is 253 g/mol. The molecular weight excluding hydrogens is 242 g/mol. The van der Waals surface area contributed by atoms with Gasteiger partial charge in [0.1, 0.15) is 5.75 Å². The third-order valence-corrected chi connectivity index (χ3v) is 2.26. The second-order valence-electron chi connectivity index (χ2n) is 3.33. The van der Waals surface area contributed by atoms with E-state index >= 15 is 0 Å². The maximum absolute atomic E-state index is 5.76. The smallest absolute Gasteiger partial charge is 0.212 e. The fourth-order valence-corrected chi connectivity index (χ4v) is 1.35. The number of ether oxygens (including phenoxy) is 1. The Morgan fingerprint density at radius 2 is 2.06 bits per heavy atom. The molecule has 1 aromatic heterocycles. The van der Waals surface area contributed by atoms with Crippen molar-refractivity contribution in [1.29, 1.82) is 0 Å². The van der Waals surface area contributed by atoms with Gasteiger partial charge in [-0.1, -0.05) is 11.6 Å². The molecule has 0 saturated heterocycles. The summed E-state index contributed by atoms with van der Waals surface area (Å²) < 4.78 is 5.47. The normalized spacial score (nSPS) is 10.5. The van der Waals surface area contributed by atoms with Crippen LogP contribution in [0.4, 0.5) is 0 Å². The minimum Gasteiger partial charge on any atom is -0.485 e. The lowest BCUT2D eigenvalue weighted by molar-refractivity contribution is 0.295. The summed E-state index contributed by atoms with van der Waals surface area (Å²) in [6.07, 6.45) is 0. The van der Waals surface area contributed by atoms with E-state index in [0.29, 0.717) is 29.7 Å². The van der Waals surface area contributed by atoms with Gasteiger partial charge in [-0.25, -0.2) is 0 Å². The van der Waals surface area contributed by atoms with Gasteiger partial charge in [0.2, 0.25) is 5.82 Å². The van der Waals surface area contributed by atoms with Crippen LogP contribution in [0.25, 0.3) is 0 Å². The molecule has 0 aliphatic heterocycles. The molecule has 0 aliphatic carbocycles. The molecule has 0 fully saturated rings. The molecule has 0 radical (unpaired) electrons. The zero-order chi connectivity index (χ0) is 12.1. The fourth-order valence-electron chi connectivity index (χ4n) is 1.22. The van der Waals surface area contributed by atoms with E-state index in [1.165, 1.54) is 4.80 Å². The quantitative estimate of drug-likeness (QED) is 0.855. The molecular formula is C10H12ClN5O. The number of hydrogen-bond donors (Lipinski definition) is 1. The molecule has 0 unspecified atom stereocenters. The standard InChI is InChI=1S/C10H12ClN5O/c11-8-1-3-9(4-2-8)17-7-10-13-15-16(14-10)6-5-12/h1-4H,5-7,12H2. The van der Waals surface area contributed by atoms with Crippen LogP contribution in [0.1, 0.15) is 5.82 Å². The lowest BCUT2D eigenvalue weighted by Gasteiger charge is -2.02. The Bertz CT molecular complexity index is 470. The number of aromatic nitrogens is 4. The zero-order valence-corrected chi connectivity index (χ0v) is 9.84. The van der Waals surface area contributed by atoms with Gasteiger partial charge in [-0.15, -0.1) is 10.2 Å². The molecule has 90 valence electrons. The number of nitrogens with zero attached hydrogens (tertiary/aromatic N) is 4. The highest BCUT2D eigenvalue weighted by molar-refractivity contribution is 6.30. The molecule has 0 atom stereocenters. The maximum Gasteiger partial charge on any atom is 0.212 e. The highest BCUT2D eigenvalue weighted by Gasteiger charge is 2.03. The molecule has 6 nitrogen and oxygen atoms in total.